The zero-order valence-electron chi connectivity index (χ0n) is 14.1. The smallest absolute Gasteiger partial charge is 0.335 e. The molecule has 2 fully saturated rings. The molecule has 1 amide bonds. The highest BCUT2D eigenvalue weighted by molar-refractivity contribution is 5.87. The van der Waals surface area contributed by atoms with Crippen molar-refractivity contribution in [1.82, 2.24) is 5.32 Å². The molecule has 0 saturated heterocycles. The summed E-state index contributed by atoms with van der Waals surface area (Å²) in [5, 5.41) is 12.1. The predicted octanol–water partition coefficient (Wildman–Crippen LogP) is 2.78. The van der Waals surface area contributed by atoms with E-state index in [1.54, 1.807) is 24.3 Å². The lowest BCUT2D eigenvalue weighted by Gasteiger charge is -2.61. The van der Waals surface area contributed by atoms with Gasteiger partial charge >= 0.3 is 5.97 Å². The molecule has 0 aliphatic heterocycles. The fourth-order valence-corrected chi connectivity index (χ4v) is 3.98. The van der Waals surface area contributed by atoms with Crippen LogP contribution in [-0.2, 0) is 16.0 Å². The largest absolute Gasteiger partial charge is 0.478 e. The van der Waals surface area contributed by atoms with E-state index >= 15 is 0 Å². The summed E-state index contributed by atoms with van der Waals surface area (Å²) in [5.74, 6) is -0.859. The summed E-state index contributed by atoms with van der Waals surface area (Å²) in [4.78, 5) is 23.1. The van der Waals surface area contributed by atoms with Crippen molar-refractivity contribution in [1.29, 1.82) is 0 Å². The highest BCUT2D eigenvalue weighted by Gasteiger charge is 2.59. The molecule has 2 unspecified atom stereocenters. The molecular formula is C19H25NO4. The Balaban J connectivity index is 1.47. The quantitative estimate of drug-likeness (QED) is 0.805. The minimum atomic E-state index is -0.932. The molecule has 1 aromatic rings. The number of carbonyl (C=O) groups is 2. The number of hydrogen-bond acceptors (Lipinski definition) is 3. The van der Waals surface area contributed by atoms with Gasteiger partial charge in [-0.2, -0.15) is 0 Å². The molecule has 0 aromatic heterocycles. The van der Waals surface area contributed by atoms with Gasteiger partial charge < -0.3 is 15.2 Å². The maximum Gasteiger partial charge on any atom is 0.335 e. The molecule has 0 bridgehead atoms. The average molecular weight is 331 g/mol. The zero-order valence-corrected chi connectivity index (χ0v) is 14.1. The number of aromatic carboxylic acids is 1. The van der Waals surface area contributed by atoms with Gasteiger partial charge in [-0.1, -0.05) is 18.6 Å². The first kappa shape index (κ1) is 17.0. The number of ether oxygens (including phenoxy) is 1. The van der Waals surface area contributed by atoms with E-state index in [1.165, 1.54) is 6.42 Å². The second-order valence-corrected chi connectivity index (χ2v) is 6.89. The summed E-state index contributed by atoms with van der Waals surface area (Å²) in [6.07, 6.45) is 5.82. The first-order valence-corrected chi connectivity index (χ1v) is 8.78. The Morgan fingerprint density at radius 1 is 1.29 bits per heavy atom. The van der Waals surface area contributed by atoms with Crippen LogP contribution >= 0.6 is 0 Å². The molecular weight excluding hydrogens is 306 g/mol. The van der Waals surface area contributed by atoms with E-state index < -0.39 is 5.97 Å². The van der Waals surface area contributed by atoms with Gasteiger partial charge in [-0.05, 0) is 50.3 Å². The predicted molar refractivity (Wildman–Crippen MR) is 90.0 cm³/mol. The Hall–Kier alpha value is -1.88. The monoisotopic (exact) mass is 331 g/mol. The van der Waals surface area contributed by atoms with Gasteiger partial charge in [0.1, 0.15) is 0 Å². The van der Waals surface area contributed by atoms with Crippen molar-refractivity contribution in [2.45, 2.75) is 57.6 Å². The van der Waals surface area contributed by atoms with Crippen molar-refractivity contribution in [3.63, 3.8) is 0 Å². The van der Waals surface area contributed by atoms with Gasteiger partial charge in [0.05, 0.1) is 11.7 Å². The SMILES string of the molecule is CCOC1CC(NC(=O)CCc2ccc(C(=O)O)cc2)C12CCC2. The van der Waals surface area contributed by atoms with Crippen LogP contribution in [0.5, 0.6) is 0 Å². The standard InChI is InChI=1S/C19H25NO4/c1-2-24-16-12-15(19(16)10-3-11-19)20-17(21)9-6-13-4-7-14(8-5-13)18(22)23/h4-5,7-8,15-16H,2-3,6,9-12H2,1H3,(H,20,21)(H,22,23). The van der Waals surface area contributed by atoms with Crippen molar-refractivity contribution in [3.05, 3.63) is 35.4 Å². The molecule has 130 valence electrons. The Kier molecular flexibility index (Phi) is 4.90. The number of carbonyl (C=O) groups excluding carboxylic acids is 1. The Labute approximate surface area is 142 Å². The molecule has 5 nitrogen and oxygen atoms in total. The van der Waals surface area contributed by atoms with Crippen LogP contribution in [-0.4, -0.2) is 35.7 Å². The first-order valence-electron chi connectivity index (χ1n) is 8.78. The molecule has 0 radical (unpaired) electrons. The van der Waals surface area contributed by atoms with E-state index in [1.807, 2.05) is 6.92 Å². The summed E-state index contributed by atoms with van der Waals surface area (Å²) in [5.41, 5.74) is 1.44. The molecule has 2 aliphatic rings. The second kappa shape index (κ2) is 6.93. The maximum absolute atomic E-state index is 12.2. The maximum atomic E-state index is 12.2. The molecule has 2 aliphatic carbocycles. The Morgan fingerprint density at radius 2 is 2.00 bits per heavy atom. The minimum Gasteiger partial charge on any atom is -0.478 e. The molecule has 0 heterocycles. The number of nitrogens with one attached hydrogen (secondary N) is 1. The number of benzene rings is 1. The van der Waals surface area contributed by atoms with Crippen LogP contribution in [0, 0.1) is 5.41 Å². The van der Waals surface area contributed by atoms with E-state index in [-0.39, 0.29) is 22.9 Å². The van der Waals surface area contributed by atoms with Crippen LogP contribution in [0.25, 0.3) is 0 Å². The Morgan fingerprint density at radius 3 is 2.54 bits per heavy atom. The van der Waals surface area contributed by atoms with Crippen LogP contribution in [0.3, 0.4) is 0 Å². The van der Waals surface area contributed by atoms with Gasteiger partial charge in [-0.15, -0.1) is 0 Å². The van der Waals surface area contributed by atoms with E-state index in [9.17, 15) is 9.59 Å². The molecule has 1 aromatic carbocycles. The van der Waals surface area contributed by atoms with Gasteiger partial charge in [-0.3, -0.25) is 4.79 Å². The first-order chi connectivity index (χ1) is 11.5. The lowest BCUT2D eigenvalue weighted by Crippen LogP contribution is -2.67. The number of hydrogen-bond donors (Lipinski definition) is 2. The van der Waals surface area contributed by atoms with E-state index in [0.29, 0.717) is 18.9 Å². The average Bonchev–Trinajstić information content (AvgIpc) is 2.50. The fraction of sp³-hybridized carbons (Fsp3) is 0.579. The van der Waals surface area contributed by atoms with Crippen LogP contribution in [0.15, 0.2) is 24.3 Å². The summed E-state index contributed by atoms with van der Waals surface area (Å²) in [7, 11) is 0. The van der Waals surface area contributed by atoms with Gasteiger partial charge in [0.15, 0.2) is 0 Å². The van der Waals surface area contributed by atoms with E-state index in [0.717, 1.165) is 31.4 Å². The number of amides is 1. The van der Waals surface area contributed by atoms with Crippen LogP contribution in [0.2, 0.25) is 0 Å². The van der Waals surface area contributed by atoms with E-state index in [2.05, 4.69) is 5.32 Å². The molecule has 1 spiro atoms. The van der Waals surface area contributed by atoms with Crippen molar-refractivity contribution < 1.29 is 19.4 Å². The third-order valence-corrected chi connectivity index (χ3v) is 5.61. The molecule has 2 saturated carbocycles. The molecule has 2 atom stereocenters. The topological polar surface area (TPSA) is 75.6 Å². The number of rotatable bonds is 7. The lowest BCUT2D eigenvalue weighted by molar-refractivity contribution is -0.175. The van der Waals surface area contributed by atoms with Gasteiger partial charge in [0, 0.05) is 24.5 Å². The van der Waals surface area contributed by atoms with Crippen molar-refractivity contribution >= 4 is 11.9 Å². The van der Waals surface area contributed by atoms with Crippen LogP contribution < -0.4 is 5.32 Å². The van der Waals surface area contributed by atoms with Crippen LogP contribution in [0.1, 0.15) is 54.9 Å². The number of aryl methyl sites for hydroxylation is 1. The fourth-order valence-electron chi connectivity index (χ4n) is 3.98. The van der Waals surface area contributed by atoms with Crippen LogP contribution in [0.4, 0.5) is 0 Å². The summed E-state index contributed by atoms with van der Waals surface area (Å²) >= 11 is 0. The zero-order chi connectivity index (χ0) is 17.2. The van der Waals surface area contributed by atoms with Crippen molar-refractivity contribution in [2.24, 2.45) is 5.41 Å². The number of carboxylic acid groups (broad SMARTS) is 1. The highest BCUT2D eigenvalue weighted by Crippen LogP contribution is 2.57. The van der Waals surface area contributed by atoms with Gasteiger partial charge in [-0.25, -0.2) is 4.79 Å². The molecule has 3 rings (SSSR count). The van der Waals surface area contributed by atoms with Crippen molar-refractivity contribution in [2.75, 3.05) is 6.61 Å². The van der Waals surface area contributed by atoms with Crippen molar-refractivity contribution in [3.8, 4) is 0 Å². The summed E-state index contributed by atoms with van der Waals surface area (Å²) < 4.78 is 5.81. The third kappa shape index (κ3) is 3.18. The summed E-state index contributed by atoms with van der Waals surface area (Å²) in [6, 6.07) is 6.97. The summed E-state index contributed by atoms with van der Waals surface area (Å²) in [6.45, 7) is 2.76. The molecule has 2 N–H and O–H groups in total. The number of carboxylic acids is 1. The van der Waals surface area contributed by atoms with E-state index in [4.69, 9.17) is 9.84 Å². The lowest BCUT2D eigenvalue weighted by atomic mass is 9.51. The Bertz CT molecular complexity index is 606. The highest BCUT2D eigenvalue weighted by atomic mass is 16.5. The third-order valence-electron chi connectivity index (χ3n) is 5.61. The molecule has 5 heteroatoms. The minimum absolute atomic E-state index is 0.0727. The second-order valence-electron chi connectivity index (χ2n) is 6.89. The normalized spacial score (nSPS) is 24.0. The molecule has 24 heavy (non-hydrogen) atoms. The van der Waals surface area contributed by atoms with Gasteiger partial charge in [0.25, 0.3) is 0 Å². The van der Waals surface area contributed by atoms with Gasteiger partial charge in [0.2, 0.25) is 5.91 Å².